The van der Waals surface area contributed by atoms with Crippen LogP contribution in [-0.2, 0) is 32.7 Å². The van der Waals surface area contributed by atoms with Gasteiger partial charge in [0, 0.05) is 0 Å². The van der Waals surface area contributed by atoms with Crippen LogP contribution in [-0.4, -0.2) is 25.4 Å². The first-order chi connectivity index (χ1) is 8.66. The predicted molar refractivity (Wildman–Crippen MR) is 51.8 cm³/mol. The molecule has 0 fully saturated rings. The van der Waals surface area contributed by atoms with Crippen LogP contribution in [0.2, 0.25) is 0 Å². The van der Waals surface area contributed by atoms with Crippen LogP contribution >= 0.6 is 0 Å². The molecule has 0 saturated carbocycles. The van der Waals surface area contributed by atoms with Crippen molar-refractivity contribution in [3.8, 4) is 0 Å². The number of hydrogen-bond donors (Lipinski definition) is 0. The molecule has 0 N–H and O–H groups in total. The maximum Gasteiger partial charge on any atom is 3.00 e. The van der Waals surface area contributed by atoms with Gasteiger partial charge in [-0.2, -0.15) is 0 Å². The summed E-state index contributed by atoms with van der Waals surface area (Å²) < 4.78 is 0. The van der Waals surface area contributed by atoms with Gasteiger partial charge in [0.2, 0.25) is 0 Å². The van der Waals surface area contributed by atoms with Crippen molar-refractivity contribution in [3.05, 3.63) is 76.6 Å². The topological polar surface area (TPSA) is 331 Å². The Morgan fingerprint density at radius 3 is 0.364 bits per heavy atom. The zero-order valence-electron chi connectivity index (χ0n) is 9.32. The fraction of sp³-hybridized carbons (Fsp3) is 0. The molecule has 0 spiro atoms. The quantitative estimate of drug-likeness (QED) is 0.252. The molecular formula is EuN5O15Y. The van der Waals surface area contributed by atoms with Crippen molar-refractivity contribution in [2.24, 2.45) is 0 Å². The fourth-order valence-corrected chi connectivity index (χ4v) is 0. The molecular weight excluding hydrogens is 551 g/mol. The molecule has 1 radical (unpaired) electrons. The summed E-state index contributed by atoms with van der Waals surface area (Å²) in [6.45, 7) is 0. The van der Waals surface area contributed by atoms with Gasteiger partial charge in [-0.15, -0.1) is 0 Å². The Morgan fingerprint density at radius 1 is 0.364 bits per heavy atom. The van der Waals surface area contributed by atoms with E-state index in [1.807, 2.05) is 0 Å². The molecule has 0 aromatic heterocycles. The molecule has 125 valence electrons. The summed E-state index contributed by atoms with van der Waals surface area (Å²) in [5.74, 6) is 0. The minimum Gasteiger partial charge on any atom is -0.356 e. The van der Waals surface area contributed by atoms with Gasteiger partial charge in [-0.25, -0.2) is 0 Å². The molecule has 20 nitrogen and oxygen atoms in total. The molecule has 0 atom stereocenters. The average molecular weight is 551 g/mol. The molecule has 0 aromatic rings. The second-order valence-corrected chi connectivity index (χ2v) is 1.12. The molecule has 0 aliphatic heterocycles. The third-order valence-corrected chi connectivity index (χ3v) is 0. The van der Waals surface area contributed by atoms with Crippen molar-refractivity contribution < 1.29 is 108 Å². The smallest absolute Gasteiger partial charge is 0.356 e. The molecule has 0 unspecified atom stereocenters. The molecule has 0 aliphatic rings. The van der Waals surface area contributed by atoms with Gasteiger partial charge in [-0.05, 0) is 0 Å². The molecule has 0 saturated heterocycles. The zero-order valence-corrected chi connectivity index (χ0v) is 14.6. The van der Waals surface area contributed by atoms with Crippen LogP contribution in [0.5, 0.6) is 0 Å². The van der Waals surface area contributed by atoms with Crippen molar-refractivity contribution in [2.45, 2.75) is 0 Å². The molecule has 0 aromatic carbocycles. The molecule has 0 heterocycles. The predicted octanol–water partition coefficient (Wildman–Crippen LogP) is -1.20. The van der Waals surface area contributed by atoms with Crippen molar-refractivity contribution in [3.63, 3.8) is 0 Å². The van der Waals surface area contributed by atoms with E-state index >= 15 is 0 Å². The number of hydrogen-bond acceptors (Lipinski definition) is 15. The van der Waals surface area contributed by atoms with E-state index in [0.717, 1.165) is 0 Å². The van der Waals surface area contributed by atoms with Crippen LogP contribution in [0.25, 0.3) is 0 Å². The number of nitrogens with zero attached hydrogens (tertiary/aromatic N) is 5. The van der Waals surface area contributed by atoms with Crippen LogP contribution in [0.15, 0.2) is 0 Å². The molecule has 0 amide bonds. The Kier molecular flexibility index (Phi) is 71.4. The van der Waals surface area contributed by atoms with Gasteiger partial charge in [0.15, 0.2) is 0 Å². The third kappa shape index (κ3) is 3400. The van der Waals surface area contributed by atoms with E-state index in [0.29, 0.717) is 0 Å². The van der Waals surface area contributed by atoms with Gasteiger partial charge in [0.05, 0.1) is 25.4 Å². The van der Waals surface area contributed by atoms with Gasteiger partial charge >= 0.3 is 82.1 Å². The van der Waals surface area contributed by atoms with Crippen molar-refractivity contribution >= 4 is 0 Å². The first kappa shape index (κ1) is 42.8. The van der Waals surface area contributed by atoms with Crippen molar-refractivity contribution in [2.75, 3.05) is 0 Å². The summed E-state index contributed by atoms with van der Waals surface area (Å²) in [4.78, 5) is 41.2. The van der Waals surface area contributed by atoms with E-state index in [1.54, 1.807) is 0 Å². The summed E-state index contributed by atoms with van der Waals surface area (Å²) in [7, 11) is 0. The van der Waals surface area contributed by atoms with Gasteiger partial charge in [-0.1, -0.05) is 0 Å². The standard InChI is InChI=1S/Eu.5NO3.Y/c;5*2-1(3)4;/q+2;5*-1;+3. The SMILES string of the molecule is O=[N+]([O-])[O-].O=[N+]([O-])[O-].O=[N+]([O-])[O-].O=[N+]([O-])[O-].O=[N+]([O-])[O-].[Eu+2].[Y+3]. The van der Waals surface area contributed by atoms with E-state index < -0.39 is 25.4 Å². The summed E-state index contributed by atoms with van der Waals surface area (Å²) in [6.07, 6.45) is 0. The minimum atomic E-state index is -1.75. The largest absolute Gasteiger partial charge is 3.00 e. The molecule has 0 aliphatic carbocycles. The Labute approximate surface area is 182 Å². The van der Waals surface area contributed by atoms with E-state index in [4.69, 9.17) is 76.6 Å². The van der Waals surface area contributed by atoms with Gasteiger partial charge in [0.25, 0.3) is 0 Å². The second-order valence-electron chi connectivity index (χ2n) is 1.12. The maximum absolute atomic E-state index is 8.25. The van der Waals surface area contributed by atoms with Gasteiger partial charge in [-0.3, -0.25) is 0 Å². The average Bonchev–Trinajstić information content (AvgIpc) is 1.94. The third-order valence-electron chi connectivity index (χ3n) is 0. The zero-order chi connectivity index (χ0) is 17.9. The van der Waals surface area contributed by atoms with Crippen LogP contribution in [0, 0.1) is 126 Å². The first-order valence-electron chi connectivity index (χ1n) is 2.74. The Balaban J connectivity index is -0.0000000250. The number of rotatable bonds is 0. The second kappa shape index (κ2) is 36.7. The molecule has 0 rings (SSSR count). The molecule has 22 heavy (non-hydrogen) atoms. The summed E-state index contributed by atoms with van der Waals surface area (Å²) in [5, 5.41) is 73.8. The summed E-state index contributed by atoms with van der Waals surface area (Å²) in [6, 6.07) is 0. The monoisotopic (exact) mass is 552 g/mol. The Morgan fingerprint density at radius 2 is 0.364 bits per heavy atom. The van der Waals surface area contributed by atoms with Crippen LogP contribution in [0.3, 0.4) is 0 Å². The Bertz CT molecular complexity index is 213. The van der Waals surface area contributed by atoms with Crippen LogP contribution < -0.4 is 0 Å². The normalized spacial score (nSPS) is 5.45. The first-order valence-corrected chi connectivity index (χ1v) is 2.74. The van der Waals surface area contributed by atoms with Gasteiger partial charge in [0.1, 0.15) is 0 Å². The fourth-order valence-electron chi connectivity index (χ4n) is 0. The minimum absolute atomic E-state index is 0. The Hall–Kier alpha value is -1.31. The van der Waals surface area contributed by atoms with E-state index in [1.165, 1.54) is 0 Å². The van der Waals surface area contributed by atoms with Crippen LogP contribution in [0.1, 0.15) is 0 Å². The van der Waals surface area contributed by atoms with Crippen molar-refractivity contribution in [1.82, 2.24) is 0 Å². The summed E-state index contributed by atoms with van der Waals surface area (Å²) >= 11 is 0. The molecule has 22 heteroatoms. The summed E-state index contributed by atoms with van der Waals surface area (Å²) in [5.41, 5.74) is 0. The maximum atomic E-state index is 8.25. The van der Waals surface area contributed by atoms with Crippen molar-refractivity contribution in [1.29, 1.82) is 0 Å². The van der Waals surface area contributed by atoms with E-state index in [2.05, 4.69) is 0 Å². The molecule has 0 bridgehead atoms. The van der Waals surface area contributed by atoms with E-state index in [9.17, 15) is 0 Å². The van der Waals surface area contributed by atoms with Gasteiger partial charge < -0.3 is 76.6 Å². The van der Waals surface area contributed by atoms with E-state index in [-0.39, 0.29) is 82.1 Å². The van der Waals surface area contributed by atoms with Crippen LogP contribution in [0.4, 0.5) is 0 Å².